The Kier molecular flexibility index (Phi) is 4.37. The second kappa shape index (κ2) is 5.57. The Morgan fingerprint density at radius 2 is 2.00 bits per heavy atom. The normalized spacial score (nSPS) is 10.6. The maximum Gasteiger partial charge on any atom is 0.257 e. The van der Waals surface area contributed by atoms with Gasteiger partial charge in [0, 0.05) is 12.6 Å². The van der Waals surface area contributed by atoms with Crippen molar-refractivity contribution in [1.82, 2.24) is 4.90 Å². The van der Waals surface area contributed by atoms with Crippen molar-refractivity contribution in [2.45, 2.75) is 33.2 Å². The number of aromatic hydroxyl groups is 2. The van der Waals surface area contributed by atoms with Crippen molar-refractivity contribution in [3.8, 4) is 11.5 Å². The molecule has 0 fully saturated rings. The van der Waals surface area contributed by atoms with E-state index in [9.17, 15) is 15.0 Å². The SMILES string of the molecule is CCCN(C(=O)c1cc(O)ccc1O)C(C)C. The van der Waals surface area contributed by atoms with Crippen LogP contribution in [0.4, 0.5) is 0 Å². The van der Waals surface area contributed by atoms with Gasteiger partial charge in [-0.3, -0.25) is 4.79 Å². The van der Waals surface area contributed by atoms with Crippen molar-refractivity contribution in [2.75, 3.05) is 6.54 Å². The molecule has 1 rings (SSSR count). The summed E-state index contributed by atoms with van der Waals surface area (Å²) in [4.78, 5) is 13.9. The van der Waals surface area contributed by atoms with Gasteiger partial charge in [0.05, 0.1) is 5.56 Å². The zero-order valence-electron chi connectivity index (χ0n) is 10.5. The summed E-state index contributed by atoms with van der Waals surface area (Å²) in [7, 11) is 0. The first-order valence-electron chi connectivity index (χ1n) is 5.80. The zero-order valence-corrected chi connectivity index (χ0v) is 10.5. The summed E-state index contributed by atoms with van der Waals surface area (Å²) in [6.07, 6.45) is 0.851. The van der Waals surface area contributed by atoms with E-state index in [1.165, 1.54) is 18.2 Å². The van der Waals surface area contributed by atoms with Gasteiger partial charge in [-0.15, -0.1) is 0 Å². The molecule has 0 aliphatic heterocycles. The van der Waals surface area contributed by atoms with Crippen LogP contribution in [0.15, 0.2) is 18.2 Å². The summed E-state index contributed by atoms with van der Waals surface area (Å²) in [5.41, 5.74) is 0.146. The molecule has 94 valence electrons. The summed E-state index contributed by atoms with van der Waals surface area (Å²) in [6, 6.07) is 4.03. The largest absolute Gasteiger partial charge is 0.508 e. The quantitative estimate of drug-likeness (QED) is 0.790. The van der Waals surface area contributed by atoms with Crippen LogP contribution >= 0.6 is 0 Å². The molecular formula is C13H19NO3. The number of rotatable bonds is 4. The van der Waals surface area contributed by atoms with Crippen LogP contribution in [0.3, 0.4) is 0 Å². The molecule has 0 aliphatic carbocycles. The topological polar surface area (TPSA) is 60.8 Å². The molecule has 1 amide bonds. The summed E-state index contributed by atoms with van der Waals surface area (Å²) >= 11 is 0. The minimum Gasteiger partial charge on any atom is -0.508 e. The van der Waals surface area contributed by atoms with E-state index in [4.69, 9.17) is 0 Å². The van der Waals surface area contributed by atoms with Crippen molar-refractivity contribution in [3.05, 3.63) is 23.8 Å². The molecule has 0 saturated heterocycles. The van der Waals surface area contributed by atoms with Gasteiger partial charge >= 0.3 is 0 Å². The van der Waals surface area contributed by atoms with E-state index in [-0.39, 0.29) is 29.0 Å². The second-order valence-corrected chi connectivity index (χ2v) is 4.29. The average molecular weight is 237 g/mol. The van der Waals surface area contributed by atoms with Gasteiger partial charge in [0.15, 0.2) is 0 Å². The minimum absolute atomic E-state index is 0.0219. The van der Waals surface area contributed by atoms with Gasteiger partial charge < -0.3 is 15.1 Å². The molecule has 0 aliphatic rings. The summed E-state index contributed by atoms with van der Waals surface area (Å²) in [5, 5.41) is 19.0. The molecule has 0 radical (unpaired) electrons. The Morgan fingerprint density at radius 3 is 2.53 bits per heavy atom. The Balaban J connectivity index is 3.04. The highest BCUT2D eigenvalue weighted by Crippen LogP contribution is 2.24. The smallest absolute Gasteiger partial charge is 0.257 e. The van der Waals surface area contributed by atoms with Crippen LogP contribution in [0.5, 0.6) is 11.5 Å². The van der Waals surface area contributed by atoms with E-state index in [0.29, 0.717) is 6.54 Å². The Bertz CT molecular complexity index is 402. The molecule has 0 atom stereocenters. The fourth-order valence-electron chi connectivity index (χ4n) is 1.69. The number of hydrogen-bond acceptors (Lipinski definition) is 3. The number of carbonyl (C=O) groups excluding carboxylic acids is 1. The predicted octanol–water partition coefficient (Wildman–Crippen LogP) is 2.36. The highest BCUT2D eigenvalue weighted by Gasteiger charge is 2.21. The molecule has 0 aromatic heterocycles. The zero-order chi connectivity index (χ0) is 13.0. The monoisotopic (exact) mass is 237 g/mol. The number of nitrogens with zero attached hydrogens (tertiary/aromatic N) is 1. The summed E-state index contributed by atoms with van der Waals surface area (Å²) < 4.78 is 0. The van der Waals surface area contributed by atoms with Gasteiger partial charge in [-0.1, -0.05) is 6.92 Å². The van der Waals surface area contributed by atoms with E-state index in [1.54, 1.807) is 4.90 Å². The number of hydrogen-bond donors (Lipinski definition) is 2. The fourth-order valence-corrected chi connectivity index (χ4v) is 1.69. The van der Waals surface area contributed by atoms with Crippen LogP contribution in [0, 0.1) is 0 Å². The Morgan fingerprint density at radius 1 is 1.35 bits per heavy atom. The molecule has 4 nitrogen and oxygen atoms in total. The number of amides is 1. The standard InChI is InChI=1S/C13H19NO3/c1-4-7-14(9(2)3)13(17)11-8-10(15)5-6-12(11)16/h5-6,8-9,15-16H,4,7H2,1-3H3. The van der Waals surface area contributed by atoms with Crippen molar-refractivity contribution in [1.29, 1.82) is 0 Å². The molecule has 0 heterocycles. The third-order valence-electron chi connectivity index (χ3n) is 2.56. The highest BCUT2D eigenvalue weighted by molar-refractivity contribution is 5.97. The first-order valence-corrected chi connectivity index (χ1v) is 5.80. The molecule has 0 spiro atoms. The summed E-state index contributed by atoms with van der Waals surface area (Å²) in [5.74, 6) is -0.379. The Labute approximate surface area is 101 Å². The van der Waals surface area contributed by atoms with Crippen LogP contribution in [0.2, 0.25) is 0 Å². The van der Waals surface area contributed by atoms with Crippen molar-refractivity contribution < 1.29 is 15.0 Å². The van der Waals surface area contributed by atoms with Gasteiger partial charge in [-0.25, -0.2) is 0 Å². The lowest BCUT2D eigenvalue weighted by atomic mass is 10.1. The van der Waals surface area contributed by atoms with Crippen LogP contribution < -0.4 is 0 Å². The lowest BCUT2D eigenvalue weighted by molar-refractivity contribution is 0.0702. The molecule has 2 N–H and O–H groups in total. The summed E-state index contributed by atoms with van der Waals surface area (Å²) in [6.45, 7) is 6.47. The predicted molar refractivity (Wildman–Crippen MR) is 66.2 cm³/mol. The third kappa shape index (κ3) is 3.12. The molecule has 4 heteroatoms. The number of benzene rings is 1. The molecule has 1 aromatic carbocycles. The molecule has 17 heavy (non-hydrogen) atoms. The maximum atomic E-state index is 12.2. The van der Waals surface area contributed by atoms with Crippen LogP contribution in [0.1, 0.15) is 37.6 Å². The molecule has 0 bridgehead atoms. The second-order valence-electron chi connectivity index (χ2n) is 4.29. The number of phenolic OH excluding ortho intramolecular Hbond substituents is 2. The lowest BCUT2D eigenvalue weighted by Gasteiger charge is -2.26. The van der Waals surface area contributed by atoms with E-state index in [2.05, 4.69) is 0 Å². The fraction of sp³-hybridized carbons (Fsp3) is 0.462. The molecular weight excluding hydrogens is 218 g/mol. The third-order valence-corrected chi connectivity index (χ3v) is 2.56. The van der Waals surface area contributed by atoms with Crippen molar-refractivity contribution in [2.24, 2.45) is 0 Å². The van der Waals surface area contributed by atoms with Gasteiger partial charge in [0.1, 0.15) is 11.5 Å². The lowest BCUT2D eigenvalue weighted by Crippen LogP contribution is -2.37. The highest BCUT2D eigenvalue weighted by atomic mass is 16.3. The maximum absolute atomic E-state index is 12.2. The van der Waals surface area contributed by atoms with Crippen LogP contribution in [-0.4, -0.2) is 33.6 Å². The minimum atomic E-state index is -0.254. The van der Waals surface area contributed by atoms with E-state index in [0.717, 1.165) is 6.42 Å². The molecule has 0 unspecified atom stereocenters. The van der Waals surface area contributed by atoms with Gasteiger partial charge in [0.2, 0.25) is 0 Å². The van der Waals surface area contributed by atoms with Crippen molar-refractivity contribution >= 4 is 5.91 Å². The number of phenols is 2. The Hall–Kier alpha value is -1.71. The molecule has 1 aromatic rings. The van der Waals surface area contributed by atoms with E-state index in [1.807, 2.05) is 20.8 Å². The van der Waals surface area contributed by atoms with E-state index >= 15 is 0 Å². The van der Waals surface area contributed by atoms with Crippen LogP contribution in [-0.2, 0) is 0 Å². The first-order chi connectivity index (χ1) is 7.97. The van der Waals surface area contributed by atoms with Crippen LogP contribution in [0.25, 0.3) is 0 Å². The van der Waals surface area contributed by atoms with Gasteiger partial charge in [-0.2, -0.15) is 0 Å². The van der Waals surface area contributed by atoms with E-state index < -0.39 is 0 Å². The van der Waals surface area contributed by atoms with Gasteiger partial charge in [-0.05, 0) is 38.5 Å². The van der Waals surface area contributed by atoms with Gasteiger partial charge in [0.25, 0.3) is 5.91 Å². The van der Waals surface area contributed by atoms with Crippen molar-refractivity contribution in [3.63, 3.8) is 0 Å². The first kappa shape index (κ1) is 13.4. The average Bonchev–Trinajstić information content (AvgIpc) is 2.28. The number of carbonyl (C=O) groups is 1. The molecule has 0 saturated carbocycles.